The van der Waals surface area contributed by atoms with Gasteiger partial charge in [0.05, 0.1) is 18.7 Å². The van der Waals surface area contributed by atoms with Gasteiger partial charge in [0.1, 0.15) is 11.6 Å². The molecule has 0 radical (unpaired) electrons. The van der Waals surface area contributed by atoms with Crippen molar-refractivity contribution in [3.8, 4) is 16.9 Å². The second kappa shape index (κ2) is 7.64. The number of fused-ring (bicyclic) bond motifs is 2. The largest absolute Gasteiger partial charge is 0.497 e. The van der Waals surface area contributed by atoms with Crippen LogP contribution in [0.5, 0.6) is 5.75 Å². The molecule has 0 unspecified atom stereocenters. The molecule has 1 aliphatic carbocycles. The van der Waals surface area contributed by atoms with E-state index in [1.54, 1.807) is 7.11 Å². The van der Waals surface area contributed by atoms with Gasteiger partial charge in [0.2, 0.25) is 0 Å². The zero-order chi connectivity index (χ0) is 20.5. The van der Waals surface area contributed by atoms with E-state index in [4.69, 9.17) is 9.72 Å². The van der Waals surface area contributed by atoms with E-state index in [9.17, 15) is 4.79 Å². The Morgan fingerprint density at radius 3 is 2.67 bits per heavy atom. The molecule has 5 rings (SSSR count). The molecule has 0 saturated carbocycles. The van der Waals surface area contributed by atoms with Crippen molar-refractivity contribution in [3.63, 3.8) is 0 Å². The predicted molar refractivity (Wildman–Crippen MR) is 120 cm³/mol. The highest BCUT2D eigenvalue weighted by Crippen LogP contribution is 2.38. The van der Waals surface area contributed by atoms with Crippen LogP contribution in [-0.4, -0.2) is 18.4 Å². The van der Waals surface area contributed by atoms with E-state index in [0.29, 0.717) is 5.56 Å². The monoisotopic (exact) mass is 394 g/mol. The van der Waals surface area contributed by atoms with Gasteiger partial charge < -0.3 is 10.1 Å². The van der Waals surface area contributed by atoms with Gasteiger partial charge in [-0.05, 0) is 53.8 Å². The molecule has 0 saturated heterocycles. The van der Waals surface area contributed by atoms with E-state index in [0.717, 1.165) is 52.7 Å². The van der Waals surface area contributed by atoms with Crippen LogP contribution in [0.1, 0.15) is 33.9 Å². The topological polar surface area (TPSA) is 51.2 Å². The maximum absolute atomic E-state index is 11.6. The van der Waals surface area contributed by atoms with Crippen LogP contribution < -0.4 is 10.1 Å². The van der Waals surface area contributed by atoms with E-state index < -0.39 is 0 Å². The average molecular weight is 394 g/mol. The van der Waals surface area contributed by atoms with Crippen molar-refractivity contribution in [2.24, 2.45) is 0 Å². The summed E-state index contributed by atoms with van der Waals surface area (Å²) in [5.41, 5.74) is 6.19. The number of benzene rings is 3. The number of anilines is 1. The van der Waals surface area contributed by atoms with Gasteiger partial charge in [0.25, 0.3) is 0 Å². The number of aromatic nitrogens is 1. The van der Waals surface area contributed by atoms with E-state index in [-0.39, 0.29) is 6.04 Å². The summed E-state index contributed by atoms with van der Waals surface area (Å²) in [5, 5.41) is 4.55. The summed E-state index contributed by atoms with van der Waals surface area (Å²) in [4.78, 5) is 16.5. The van der Waals surface area contributed by atoms with Crippen molar-refractivity contribution in [1.29, 1.82) is 0 Å². The van der Waals surface area contributed by atoms with Gasteiger partial charge >= 0.3 is 0 Å². The third kappa shape index (κ3) is 3.20. The van der Waals surface area contributed by atoms with Crippen LogP contribution in [0.25, 0.3) is 22.0 Å². The number of rotatable bonds is 5. The van der Waals surface area contributed by atoms with Crippen LogP contribution in [0.4, 0.5) is 5.82 Å². The maximum Gasteiger partial charge on any atom is 0.150 e. The van der Waals surface area contributed by atoms with Crippen LogP contribution >= 0.6 is 0 Å². The third-order valence-electron chi connectivity index (χ3n) is 5.86. The van der Waals surface area contributed by atoms with Crippen LogP contribution in [0.15, 0.2) is 72.8 Å². The number of nitrogens with one attached hydrogen (secondary N) is 1. The van der Waals surface area contributed by atoms with Crippen molar-refractivity contribution in [3.05, 3.63) is 89.5 Å². The van der Waals surface area contributed by atoms with Crippen molar-refractivity contribution in [2.45, 2.75) is 18.9 Å². The van der Waals surface area contributed by atoms with E-state index in [2.05, 4.69) is 35.6 Å². The SMILES string of the molecule is COc1ccc(-c2cc3c(C=O)cccc3nc2N[C@@H]2CCc3ccccc32)cc1. The van der Waals surface area contributed by atoms with Gasteiger partial charge in [0.15, 0.2) is 6.29 Å². The Balaban J connectivity index is 1.64. The Bertz CT molecular complexity index is 1230. The Morgan fingerprint density at radius 1 is 1.03 bits per heavy atom. The molecule has 0 fully saturated rings. The lowest BCUT2D eigenvalue weighted by Gasteiger charge is -2.19. The molecule has 1 atom stereocenters. The molecule has 4 nitrogen and oxygen atoms in total. The quantitative estimate of drug-likeness (QED) is 0.433. The molecule has 30 heavy (non-hydrogen) atoms. The molecular formula is C26H22N2O2. The van der Waals surface area contributed by atoms with Crippen molar-refractivity contribution < 1.29 is 9.53 Å². The Kier molecular flexibility index (Phi) is 4.68. The second-order valence-electron chi connectivity index (χ2n) is 7.58. The second-order valence-corrected chi connectivity index (χ2v) is 7.58. The van der Waals surface area contributed by atoms with Crippen molar-refractivity contribution in [2.75, 3.05) is 12.4 Å². The Hall–Kier alpha value is -3.66. The fraction of sp³-hybridized carbons (Fsp3) is 0.154. The molecule has 3 aromatic carbocycles. The van der Waals surface area contributed by atoms with Gasteiger partial charge in [-0.25, -0.2) is 4.98 Å². The lowest BCUT2D eigenvalue weighted by atomic mass is 10.0. The van der Waals surface area contributed by atoms with Crippen LogP contribution in [0, 0.1) is 0 Å². The molecule has 1 aliphatic rings. The summed E-state index contributed by atoms with van der Waals surface area (Å²) in [6, 6.07) is 24.5. The molecule has 0 amide bonds. The lowest BCUT2D eigenvalue weighted by Crippen LogP contribution is -2.10. The maximum atomic E-state index is 11.6. The molecule has 0 aliphatic heterocycles. The highest BCUT2D eigenvalue weighted by molar-refractivity contribution is 6.00. The van der Waals surface area contributed by atoms with E-state index >= 15 is 0 Å². The zero-order valence-corrected chi connectivity index (χ0v) is 16.8. The fourth-order valence-electron chi connectivity index (χ4n) is 4.29. The van der Waals surface area contributed by atoms with Gasteiger partial charge in [-0.1, -0.05) is 48.5 Å². The van der Waals surface area contributed by atoms with Crippen LogP contribution in [0.3, 0.4) is 0 Å². The number of methoxy groups -OCH3 is 1. The number of aryl methyl sites for hydroxylation is 1. The molecule has 1 heterocycles. The molecule has 1 aromatic heterocycles. The lowest BCUT2D eigenvalue weighted by molar-refractivity contribution is 0.112. The summed E-state index contributed by atoms with van der Waals surface area (Å²) >= 11 is 0. The average Bonchev–Trinajstić information content (AvgIpc) is 3.21. The zero-order valence-electron chi connectivity index (χ0n) is 16.8. The minimum atomic E-state index is 0.220. The number of ether oxygens (including phenoxy) is 1. The molecule has 148 valence electrons. The number of pyridine rings is 1. The van der Waals surface area contributed by atoms with E-state index in [1.807, 2.05) is 42.5 Å². The first-order chi connectivity index (χ1) is 14.8. The summed E-state index contributed by atoms with van der Waals surface area (Å²) in [6.45, 7) is 0. The molecule has 0 bridgehead atoms. The van der Waals surface area contributed by atoms with Crippen molar-refractivity contribution in [1.82, 2.24) is 4.98 Å². The Morgan fingerprint density at radius 2 is 1.87 bits per heavy atom. The highest BCUT2D eigenvalue weighted by atomic mass is 16.5. The number of hydrogen-bond acceptors (Lipinski definition) is 4. The van der Waals surface area contributed by atoms with E-state index in [1.165, 1.54) is 11.1 Å². The molecule has 1 N–H and O–H groups in total. The first-order valence-electron chi connectivity index (χ1n) is 10.1. The highest BCUT2D eigenvalue weighted by Gasteiger charge is 2.23. The summed E-state index contributed by atoms with van der Waals surface area (Å²) in [5.74, 6) is 1.64. The van der Waals surface area contributed by atoms with Gasteiger partial charge in [-0.2, -0.15) is 0 Å². The standard InChI is InChI=1S/C26H22N2O2/c1-30-20-12-9-18(10-13-20)23-15-22-19(16-29)6-4-8-24(22)27-26(23)28-25-14-11-17-5-2-3-7-21(17)25/h2-10,12-13,15-16,25H,11,14H2,1H3,(H,27,28)/t25-/m1/s1. The number of carbonyl (C=O) groups is 1. The summed E-state index contributed by atoms with van der Waals surface area (Å²) in [6.07, 6.45) is 2.99. The Labute approximate surface area is 175 Å². The molecule has 4 heteroatoms. The van der Waals surface area contributed by atoms with Gasteiger partial charge in [-0.15, -0.1) is 0 Å². The van der Waals surface area contributed by atoms with Gasteiger partial charge in [-0.3, -0.25) is 4.79 Å². The normalized spacial score (nSPS) is 15.0. The molecule has 4 aromatic rings. The van der Waals surface area contributed by atoms with Crippen LogP contribution in [0.2, 0.25) is 0 Å². The van der Waals surface area contributed by atoms with Crippen molar-refractivity contribution >= 4 is 23.0 Å². The molecular weight excluding hydrogens is 372 g/mol. The predicted octanol–water partition coefficient (Wildman–Crippen LogP) is 5.82. The number of nitrogens with zero attached hydrogens (tertiary/aromatic N) is 1. The fourth-order valence-corrected chi connectivity index (χ4v) is 4.29. The number of aldehydes is 1. The minimum Gasteiger partial charge on any atom is -0.497 e. The number of hydrogen-bond donors (Lipinski definition) is 1. The minimum absolute atomic E-state index is 0.220. The summed E-state index contributed by atoms with van der Waals surface area (Å²) in [7, 11) is 1.66. The smallest absolute Gasteiger partial charge is 0.150 e. The first kappa shape index (κ1) is 18.4. The summed E-state index contributed by atoms with van der Waals surface area (Å²) < 4.78 is 5.31. The third-order valence-corrected chi connectivity index (χ3v) is 5.86. The number of carbonyl (C=O) groups excluding carboxylic acids is 1. The molecule has 0 spiro atoms. The van der Waals surface area contributed by atoms with Gasteiger partial charge in [0, 0.05) is 16.5 Å². The van der Waals surface area contributed by atoms with Crippen LogP contribution in [-0.2, 0) is 6.42 Å². The first-order valence-corrected chi connectivity index (χ1v) is 10.1.